The van der Waals surface area contributed by atoms with Crippen LogP contribution in [0.15, 0.2) is 22.7 Å². The molecule has 0 heterocycles. The zero-order valence-electron chi connectivity index (χ0n) is 11.6. The lowest BCUT2D eigenvalue weighted by Gasteiger charge is -2.15. The van der Waals surface area contributed by atoms with E-state index in [1.54, 1.807) is 7.05 Å². The Hall–Kier alpha value is -2.09. The lowest BCUT2D eigenvalue weighted by Crippen LogP contribution is -2.39. The Balaban J connectivity index is 2.65. The number of carbonyl (C=O) groups excluding carboxylic acids is 2. The van der Waals surface area contributed by atoms with Crippen molar-refractivity contribution in [3.05, 3.63) is 28.2 Å². The molecule has 0 aliphatic carbocycles. The van der Waals surface area contributed by atoms with Crippen LogP contribution in [0.5, 0.6) is 0 Å². The van der Waals surface area contributed by atoms with Crippen LogP contribution < -0.4 is 10.6 Å². The van der Waals surface area contributed by atoms with E-state index in [0.29, 0.717) is 16.7 Å². The van der Waals surface area contributed by atoms with E-state index in [9.17, 15) is 14.4 Å². The van der Waals surface area contributed by atoms with Crippen molar-refractivity contribution in [2.24, 2.45) is 0 Å². The van der Waals surface area contributed by atoms with E-state index in [2.05, 4.69) is 26.6 Å². The lowest BCUT2D eigenvalue weighted by molar-refractivity contribution is -0.128. The number of urea groups is 1. The summed E-state index contributed by atoms with van der Waals surface area (Å²) in [7, 11) is 1.63. The molecule has 8 heteroatoms. The average molecular weight is 358 g/mol. The first-order chi connectivity index (χ1) is 9.85. The molecule has 0 bridgehead atoms. The van der Waals surface area contributed by atoms with Crippen LogP contribution in [0.2, 0.25) is 0 Å². The van der Waals surface area contributed by atoms with Gasteiger partial charge in [-0.05, 0) is 41.1 Å². The first kappa shape index (κ1) is 17.0. The summed E-state index contributed by atoms with van der Waals surface area (Å²) < 4.78 is 0.541. The summed E-state index contributed by atoms with van der Waals surface area (Å²) >= 11 is 3.21. The van der Waals surface area contributed by atoms with Crippen molar-refractivity contribution >= 4 is 39.5 Å². The number of carboxylic acids is 1. The predicted molar refractivity (Wildman–Crippen MR) is 81.4 cm³/mol. The van der Waals surface area contributed by atoms with Crippen molar-refractivity contribution in [2.45, 2.75) is 6.92 Å². The van der Waals surface area contributed by atoms with Crippen LogP contribution >= 0.6 is 15.9 Å². The van der Waals surface area contributed by atoms with E-state index in [0.717, 1.165) is 0 Å². The van der Waals surface area contributed by atoms with Gasteiger partial charge in [0.1, 0.15) is 0 Å². The molecular weight excluding hydrogens is 342 g/mol. The first-order valence-corrected chi connectivity index (χ1v) is 6.96. The van der Waals surface area contributed by atoms with Crippen molar-refractivity contribution in [1.82, 2.24) is 10.2 Å². The molecule has 0 atom stereocenters. The van der Waals surface area contributed by atoms with Crippen molar-refractivity contribution in [1.29, 1.82) is 0 Å². The summed E-state index contributed by atoms with van der Waals surface area (Å²) in [6.07, 6.45) is 0. The second-order valence-electron chi connectivity index (χ2n) is 4.22. The lowest BCUT2D eigenvalue weighted by atomic mass is 10.2. The van der Waals surface area contributed by atoms with Gasteiger partial charge in [0.05, 0.1) is 17.8 Å². The van der Waals surface area contributed by atoms with E-state index >= 15 is 0 Å². The fourth-order valence-electron chi connectivity index (χ4n) is 1.39. The smallest absolute Gasteiger partial charge is 0.335 e. The number of aromatic carboxylic acids is 1. The molecule has 114 valence electrons. The molecule has 0 radical (unpaired) electrons. The molecule has 1 aromatic carbocycles. The number of nitrogens with one attached hydrogen (secondary N) is 2. The number of nitrogens with zero attached hydrogens (tertiary/aromatic N) is 1. The standard InChI is InChI=1S/C13H16BrN3O4/c1-3-17(2)11(18)7-15-13(21)16-10-6-8(12(19)20)4-5-9(10)14/h4-6H,3,7H2,1-2H3,(H,19,20)(H2,15,16,21). The Morgan fingerprint density at radius 3 is 2.57 bits per heavy atom. The maximum absolute atomic E-state index is 11.7. The summed E-state index contributed by atoms with van der Waals surface area (Å²) in [5, 5.41) is 13.8. The van der Waals surface area contributed by atoms with Gasteiger partial charge in [-0.2, -0.15) is 0 Å². The number of carbonyl (C=O) groups is 3. The van der Waals surface area contributed by atoms with Crippen LogP contribution in [-0.2, 0) is 4.79 Å². The molecule has 0 fully saturated rings. The monoisotopic (exact) mass is 357 g/mol. The maximum Gasteiger partial charge on any atom is 0.335 e. The number of hydrogen-bond acceptors (Lipinski definition) is 3. The fourth-order valence-corrected chi connectivity index (χ4v) is 1.73. The number of carboxylic acid groups (broad SMARTS) is 1. The highest BCUT2D eigenvalue weighted by Gasteiger charge is 2.12. The van der Waals surface area contributed by atoms with E-state index < -0.39 is 12.0 Å². The van der Waals surface area contributed by atoms with Crippen molar-refractivity contribution in [3.8, 4) is 0 Å². The molecular formula is C13H16BrN3O4. The molecule has 0 aromatic heterocycles. The topological polar surface area (TPSA) is 98.7 Å². The second-order valence-corrected chi connectivity index (χ2v) is 5.07. The fraction of sp³-hybridized carbons (Fsp3) is 0.308. The van der Waals surface area contributed by atoms with Crippen LogP contribution in [-0.4, -0.2) is 48.1 Å². The van der Waals surface area contributed by atoms with Gasteiger partial charge in [0.2, 0.25) is 5.91 Å². The number of likely N-dealkylation sites (N-methyl/N-ethyl adjacent to an activating group) is 1. The number of halogens is 1. The average Bonchev–Trinajstić information content (AvgIpc) is 2.45. The highest BCUT2D eigenvalue weighted by atomic mass is 79.9. The van der Waals surface area contributed by atoms with E-state index in [1.807, 2.05) is 6.92 Å². The summed E-state index contributed by atoms with van der Waals surface area (Å²) in [5.74, 6) is -1.31. The maximum atomic E-state index is 11.7. The molecule has 0 aliphatic heterocycles. The van der Waals surface area contributed by atoms with E-state index in [4.69, 9.17) is 5.11 Å². The van der Waals surface area contributed by atoms with Crippen LogP contribution in [0, 0.1) is 0 Å². The number of amides is 3. The molecule has 3 N–H and O–H groups in total. The Bertz CT molecular complexity index is 562. The zero-order chi connectivity index (χ0) is 16.0. The molecule has 21 heavy (non-hydrogen) atoms. The summed E-state index contributed by atoms with van der Waals surface area (Å²) in [4.78, 5) is 35.6. The highest BCUT2D eigenvalue weighted by molar-refractivity contribution is 9.10. The van der Waals surface area contributed by atoms with Gasteiger partial charge in [0.25, 0.3) is 0 Å². The van der Waals surface area contributed by atoms with Crippen molar-refractivity contribution < 1.29 is 19.5 Å². The van der Waals surface area contributed by atoms with Gasteiger partial charge in [0.15, 0.2) is 0 Å². The first-order valence-electron chi connectivity index (χ1n) is 6.16. The van der Waals surface area contributed by atoms with Gasteiger partial charge >= 0.3 is 12.0 Å². The summed E-state index contributed by atoms with van der Waals surface area (Å²) in [6, 6.07) is 3.67. The Morgan fingerprint density at radius 2 is 2.00 bits per heavy atom. The molecule has 7 nitrogen and oxygen atoms in total. The van der Waals surface area contributed by atoms with Gasteiger partial charge in [-0.15, -0.1) is 0 Å². The summed E-state index contributed by atoms with van der Waals surface area (Å²) in [5.41, 5.74) is 0.360. The van der Waals surface area contributed by atoms with Crippen molar-refractivity contribution in [2.75, 3.05) is 25.5 Å². The molecule has 0 spiro atoms. The molecule has 0 saturated carbocycles. The highest BCUT2D eigenvalue weighted by Crippen LogP contribution is 2.23. The van der Waals surface area contributed by atoms with Gasteiger partial charge in [-0.3, -0.25) is 4.79 Å². The van der Waals surface area contributed by atoms with Gasteiger partial charge in [-0.1, -0.05) is 0 Å². The minimum absolute atomic E-state index is 0.0512. The van der Waals surface area contributed by atoms with E-state index in [-0.39, 0.29) is 18.0 Å². The Kier molecular flexibility index (Phi) is 6.16. The third kappa shape index (κ3) is 5.07. The molecule has 0 saturated heterocycles. The van der Waals surface area contributed by atoms with Gasteiger partial charge in [0, 0.05) is 18.1 Å². The largest absolute Gasteiger partial charge is 0.478 e. The number of benzene rings is 1. The summed E-state index contributed by atoms with van der Waals surface area (Å²) in [6.45, 7) is 2.24. The molecule has 0 aliphatic rings. The van der Waals surface area contributed by atoms with Crippen LogP contribution in [0.3, 0.4) is 0 Å². The van der Waals surface area contributed by atoms with Crippen LogP contribution in [0.25, 0.3) is 0 Å². The third-order valence-electron chi connectivity index (χ3n) is 2.76. The van der Waals surface area contributed by atoms with E-state index in [1.165, 1.54) is 23.1 Å². The normalized spacial score (nSPS) is 9.86. The SMILES string of the molecule is CCN(C)C(=O)CNC(=O)Nc1cc(C(=O)O)ccc1Br. The predicted octanol–water partition coefficient (Wildman–Crippen LogP) is 1.75. The Morgan fingerprint density at radius 1 is 1.33 bits per heavy atom. The Labute approximate surface area is 130 Å². The molecule has 1 rings (SSSR count). The molecule has 3 amide bonds. The number of rotatable bonds is 5. The quantitative estimate of drug-likeness (QED) is 0.747. The zero-order valence-corrected chi connectivity index (χ0v) is 13.2. The number of hydrogen-bond donors (Lipinski definition) is 3. The van der Waals surface area contributed by atoms with Crippen molar-refractivity contribution in [3.63, 3.8) is 0 Å². The third-order valence-corrected chi connectivity index (χ3v) is 3.45. The van der Waals surface area contributed by atoms with Crippen LogP contribution in [0.4, 0.5) is 10.5 Å². The second kappa shape index (κ2) is 7.63. The molecule has 1 aromatic rings. The minimum Gasteiger partial charge on any atom is -0.478 e. The minimum atomic E-state index is -1.09. The molecule has 0 unspecified atom stereocenters. The van der Waals surface area contributed by atoms with Gasteiger partial charge < -0.3 is 20.6 Å². The number of anilines is 1. The van der Waals surface area contributed by atoms with Crippen LogP contribution in [0.1, 0.15) is 17.3 Å². The van der Waals surface area contributed by atoms with Gasteiger partial charge in [-0.25, -0.2) is 9.59 Å².